The van der Waals surface area contributed by atoms with Gasteiger partial charge in [0.15, 0.2) is 17.4 Å². The summed E-state index contributed by atoms with van der Waals surface area (Å²) in [6.07, 6.45) is -1.86. The molecule has 5 nitrogen and oxygen atoms in total. The number of aromatic nitrogens is 3. The molecule has 1 unspecified atom stereocenters. The van der Waals surface area contributed by atoms with Crippen LogP contribution in [0.1, 0.15) is 27.7 Å². The Kier molecular flexibility index (Phi) is 4.06. The molecule has 3 heterocycles. The molecular weight excluding hydrogens is 388 g/mol. The Morgan fingerprint density at radius 1 is 1.26 bits per heavy atom. The fraction of sp³-hybridized carbons (Fsp3) is 0.235. The first-order valence-electron chi connectivity index (χ1n) is 7.91. The lowest BCUT2D eigenvalue weighted by Gasteiger charge is -2.37. The molecule has 0 spiro atoms. The zero-order valence-electron chi connectivity index (χ0n) is 13.5. The lowest BCUT2D eigenvalue weighted by Crippen LogP contribution is -2.46. The van der Waals surface area contributed by atoms with Gasteiger partial charge >= 0.3 is 6.18 Å². The maximum atomic E-state index is 13.8. The monoisotopic (exact) mass is 398 g/mol. The third-order valence-corrected chi connectivity index (χ3v) is 4.60. The number of carbonyl (C=O) groups excluding carboxylic acids is 1. The molecule has 3 aromatic rings. The number of alkyl halides is 3. The largest absolute Gasteiger partial charge is 0.413 e. The van der Waals surface area contributed by atoms with Crippen molar-refractivity contribution >= 4 is 23.2 Å². The van der Waals surface area contributed by atoms with Crippen LogP contribution in [0.15, 0.2) is 36.7 Å². The van der Waals surface area contributed by atoms with E-state index in [1.54, 1.807) is 0 Å². The topological polar surface area (TPSA) is 50.5 Å². The van der Waals surface area contributed by atoms with E-state index < -0.39 is 23.9 Å². The average Bonchev–Trinajstić information content (AvgIpc) is 3.02. The van der Waals surface area contributed by atoms with E-state index in [2.05, 4.69) is 10.1 Å². The predicted molar refractivity (Wildman–Crippen MR) is 87.9 cm³/mol. The summed E-state index contributed by atoms with van der Waals surface area (Å²) >= 11 is 5.81. The summed E-state index contributed by atoms with van der Waals surface area (Å²) in [4.78, 5) is 17.5. The maximum absolute atomic E-state index is 13.8. The van der Waals surface area contributed by atoms with Crippen LogP contribution >= 0.6 is 11.6 Å². The molecule has 27 heavy (non-hydrogen) atoms. The summed E-state index contributed by atoms with van der Waals surface area (Å²) in [5.74, 6) is -1.49. The van der Waals surface area contributed by atoms with Gasteiger partial charge in [0.25, 0.3) is 5.91 Å². The van der Waals surface area contributed by atoms with Crippen LogP contribution in [0.5, 0.6) is 0 Å². The van der Waals surface area contributed by atoms with Crippen molar-refractivity contribution in [2.24, 2.45) is 0 Å². The second kappa shape index (κ2) is 6.19. The van der Waals surface area contributed by atoms with Crippen molar-refractivity contribution in [3.63, 3.8) is 0 Å². The van der Waals surface area contributed by atoms with E-state index in [-0.39, 0.29) is 40.5 Å². The van der Waals surface area contributed by atoms with Crippen molar-refractivity contribution in [1.29, 1.82) is 0 Å². The normalized spacial score (nSPS) is 17.2. The number of amides is 1. The van der Waals surface area contributed by atoms with Gasteiger partial charge in [0.1, 0.15) is 5.82 Å². The molecule has 0 bridgehead atoms. The first-order valence-corrected chi connectivity index (χ1v) is 8.29. The maximum Gasteiger partial charge on any atom is 0.413 e. The van der Waals surface area contributed by atoms with Crippen LogP contribution in [0.3, 0.4) is 0 Å². The highest BCUT2D eigenvalue weighted by molar-refractivity contribution is 6.30. The summed E-state index contributed by atoms with van der Waals surface area (Å²) < 4.78 is 55.9. The Bertz CT molecular complexity index is 1050. The van der Waals surface area contributed by atoms with Gasteiger partial charge in [0, 0.05) is 18.8 Å². The number of halogens is 5. The Morgan fingerprint density at radius 3 is 2.78 bits per heavy atom. The Labute approximate surface area is 155 Å². The number of hydrogen-bond donors (Lipinski definition) is 0. The summed E-state index contributed by atoms with van der Waals surface area (Å²) in [5.41, 5.74) is 0.216. The van der Waals surface area contributed by atoms with E-state index in [4.69, 9.17) is 11.6 Å². The van der Waals surface area contributed by atoms with Crippen molar-refractivity contribution in [3.05, 3.63) is 64.3 Å². The van der Waals surface area contributed by atoms with Crippen molar-refractivity contribution in [3.8, 4) is 0 Å². The van der Waals surface area contributed by atoms with Gasteiger partial charge in [-0.15, -0.1) is 0 Å². The Hall–Kier alpha value is -2.68. The summed E-state index contributed by atoms with van der Waals surface area (Å²) in [6, 6.07) is 2.24. The molecule has 0 saturated heterocycles. The van der Waals surface area contributed by atoms with Gasteiger partial charge in [0.2, 0.25) is 0 Å². The molecule has 1 atom stereocenters. The number of rotatable bonds is 1. The van der Waals surface area contributed by atoms with Crippen LogP contribution in [-0.2, 0) is 6.42 Å². The number of fused-ring (bicyclic) bond motifs is 2. The van der Waals surface area contributed by atoms with E-state index in [0.717, 1.165) is 18.2 Å². The number of nitrogens with zero attached hydrogens (tertiary/aromatic N) is 4. The lowest BCUT2D eigenvalue weighted by atomic mass is 9.91. The molecule has 2 aromatic heterocycles. The molecule has 10 heteroatoms. The second-order valence-electron chi connectivity index (χ2n) is 6.14. The van der Waals surface area contributed by atoms with E-state index in [1.165, 1.54) is 23.0 Å². The van der Waals surface area contributed by atoms with Crippen molar-refractivity contribution in [2.45, 2.75) is 18.6 Å². The van der Waals surface area contributed by atoms with Gasteiger partial charge in [-0.1, -0.05) is 17.7 Å². The van der Waals surface area contributed by atoms with Crippen molar-refractivity contribution in [1.82, 2.24) is 19.5 Å². The van der Waals surface area contributed by atoms with Gasteiger partial charge in [-0.25, -0.2) is 13.9 Å². The number of hydrogen-bond acceptors (Lipinski definition) is 3. The second-order valence-corrected chi connectivity index (χ2v) is 6.58. The van der Waals surface area contributed by atoms with E-state index in [0.29, 0.717) is 4.90 Å². The SMILES string of the molecule is O=C(c1cc2ncc(Cl)cn2n1)N1CCc2cc(F)ccc2C1C(F)(F)F. The van der Waals surface area contributed by atoms with E-state index >= 15 is 0 Å². The van der Waals surface area contributed by atoms with E-state index in [1.807, 2.05) is 0 Å². The van der Waals surface area contributed by atoms with E-state index in [9.17, 15) is 22.4 Å². The van der Waals surface area contributed by atoms with Crippen molar-refractivity contribution < 1.29 is 22.4 Å². The average molecular weight is 399 g/mol. The third-order valence-electron chi connectivity index (χ3n) is 4.41. The van der Waals surface area contributed by atoms with Gasteiger partial charge in [0.05, 0.1) is 11.2 Å². The standard InChI is InChI=1S/C17H11ClF4N4O/c18-10-7-23-14-6-13(24-26(14)8-10)16(27)25-4-3-9-5-11(19)1-2-12(9)15(25)17(20,21)22/h1-2,5-8,15H,3-4H2. The molecule has 0 fully saturated rings. The van der Waals surface area contributed by atoms with Crippen molar-refractivity contribution in [2.75, 3.05) is 6.54 Å². The summed E-state index contributed by atoms with van der Waals surface area (Å²) in [6.45, 7) is -0.207. The van der Waals surface area contributed by atoms with Gasteiger partial charge < -0.3 is 4.90 Å². The highest BCUT2D eigenvalue weighted by atomic mass is 35.5. The van der Waals surface area contributed by atoms with Crippen LogP contribution in [0.25, 0.3) is 5.65 Å². The first kappa shape index (κ1) is 17.7. The zero-order chi connectivity index (χ0) is 19.3. The highest BCUT2D eigenvalue weighted by Crippen LogP contribution is 2.42. The third kappa shape index (κ3) is 3.12. The molecule has 1 aromatic carbocycles. The quantitative estimate of drug-likeness (QED) is 0.585. The number of benzene rings is 1. The molecule has 1 amide bonds. The van der Waals surface area contributed by atoms with Gasteiger partial charge in [-0.2, -0.15) is 18.3 Å². The predicted octanol–water partition coefficient (Wildman–Crippen LogP) is 3.82. The molecule has 4 rings (SSSR count). The molecule has 1 aliphatic rings. The number of carbonyl (C=O) groups is 1. The smallest absolute Gasteiger partial charge is 0.321 e. The van der Waals surface area contributed by atoms with Crippen LogP contribution in [0.4, 0.5) is 17.6 Å². The molecule has 0 N–H and O–H groups in total. The zero-order valence-corrected chi connectivity index (χ0v) is 14.3. The fourth-order valence-corrected chi connectivity index (χ4v) is 3.41. The van der Waals surface area contributed by atoms with Gasteiger partial charge in [-0.05, 0) is 29.7 Å². The van der Waals surface area contributed by atoms with Crippen LogP contribution in [0.2, 0.25) is 5.02 Å². The molecular formula is C17H11ClF4N4O. The Balaban J connectivity index is 1.76. The minimum Gasteiger partial charge on any atom is -0.321 e. The van der Waals surface area contributed by atoms with Crippen LogP contribution in [0, 0.1) is 5.82 Å². The summed E-state index contributed by atoms with van der Waals surface area (Å²) in [7, 11) is 0. The minimum absolute atomic E-state index is 0.114. The Morgan fingerprint density at radius 2 is 2.04 bits per heavy atom. The minimum atomic E-state index is -4.72. The highest BCUT2D eigenvalue weighted by Gasteiger charge is 2.49. The summed E-state index contributed by atoms with van der Waals surface area (Å²) in [5, 5.41) is 4.26. The molecule has 0 aliphatic carbocycles. The molecule has 1 aliphatic heterocycles. The van der Waals surface area contributed by atoms with Crippen LogP contribution < -0.4 is 0 Å². The first-order chi connectivity index (χ1) is 12.7. The molecule has 0 saturated carbocycles. The fourth-order valence-electron chi connectivity index (χ4n) is 3.27. The van der Waals surface area contributed by atoms with Gasteiger partial charge in [-0.3, -0.25) is 4.79 Å². The lowest BCUT2D eigenvalue weighted by molar-refractivity contribution is -0.181. The molecule has 140 valence electrons. The van der Waals surface area contributed by atoms with Crippen LogP contribution in [-0.4, -0.2) is 38.1 Å². The molecule has 0 radical (unpaired) electrons.